The molecule has 0 aliphatic carbocycles. The second-order valence-corrected chi connectivity index (χ2v) is 3.88. The van der Waals surface area contributed by atoms with Gasteiger partial charge >= 0.3 is 0 Å². The zero-order valence-corrected chi connectivity index (χ0v) is 9.21. The summed E-state index contributed by atoms with van der Waals surface area (Å²) in [5.41, 5.74) is 0. The van der Waals surface area contributed by atoms with E-state index in [0.717, 1.165) is 13.0 Å². The van der Waals surface area contributed by atoms with Crippen LogP contribution >= 0.6 is 0 Å². The Morgan fingerprint density at radius 3 is 2.31 bits per heavy atom. The summed E-state index contributed by atoms with van der Waals surface area (Å²) in [4.78, 5) is 0. The van der Waals surface area contributed by atoms with Crippen LogP contribution < -0.4 is 5.32 Å². The van der Waals surface area contributed by atoms with Gasteiger partial charge in [-0.05, 0) is 19.3 Å². The molecule has 0 bridgehead atoms. The number of methoxy groups -OCH3 is 1. The highest BCUT2D eigenvalue weighted by Crippen LogP contribution is 2.03. The number of hydrogen-bond donors (Lipinski definition) is 2. The lowest BCUT2D eigenvalue weighted by Crippen LogP contribution is -2.42. The van der Waals surface area contributed by atoms with E-state index in [2.05, 4.69) is 26.1 Å². The summed E-state index contributed by atoms with van der Waals surface area (Å²) in [6.45, 7) is 7.30. The van der Waals surface area contributed by atoms with Crippen LogP contribution in [0, 0.1) is 5.92 Å². The molecule has 0 saturated carbocycles. The first-order valence-corrected chi connectivity index (χ1v) is 4.97. The summed E-state index contributed by atoms with van der Waals surface area (Å²) in [7, 11) is 1.71. The van der Waals surface area contributed by atoms with Crippen LogP contribution in [0.1, 0.15) is 27.2 Å². The molecule has 0 aromatic rings. The molecule has 0 aliphatic heterocycles. The Balaban J connectivity index is 3.66. The number of rotatable bonds is 7. The maximum atomic E-state index is 9.08. The van der Waals surface area contributed by atoms with Crippen molar-refractivity contribution in [1.82, 2.24) is 5.32 Å². The fraction of sp³-hybridized carbons (Fsp3) is 1.00. The predicted octanol–water partition coefficient (Wildman–Crippen LogP) is 1.02. The molecule has 3 heteroatoms. The summed E-state index contributed by atoms with van der Waals surface area (Å²) in [6.07, 6.45) is 0.986. The van der Waals surface area contributed by atoms with Crippen LogP contribution in [0.2, 0.25) is 0 Å². The van der Waals surface area contributed by atoms with Gasteiger partial charge in [0.25, 0.3) is 0 Å². The second-order valence-electron chi connectivity index (χ2n) is 3.88. The van der Waals surface area contributed by atoms with Crippen molar-refractivity contribution in [3.05, 3.63) is 0 Å². The SMILES string of the molecule is COCCC(C)N[C@H](CO)C(C)C. The molecule has 0 heterocycles. The van der Waals surface area contributed by atoms with E-state index in [1.54, 1.807) is 7.11 Å². The Morgan fingerprint density at radius 2 is 1.92 bits per heavy atom. The van der Waals surface area contributed by atoms with Gasteiger partial charge in [-0.25, -0.2) is 0 Å². The van der Waals surface area contributed by atoms with Crippen molar-refractivity contribution in [3.8, 4) is 0 Å². The molecule has 0 amide bonds. The minimum absolute atomic E-state index is 0.201. The molecule has 0 rings (SSSR count). The maximum absolute atomic E-state index is 9.08. The van der Waals surface area contributed by atoms with Gasteiger partial charge in [0.15, 0.2) is 0 Å². The molecule has 0 aromatic heterocycles. The van der Waals surface area contributed by atoms with E-state index >= 15 is 0 Å². The van der Waals surface area contributed by atoms with E-state index in [-0.39, 0.29) is 12.6 Å². The molecule has 3 nitrogen and oxygen atoms in total. The van der Waals surface area contributed by atoms with Crippen LogP contribution in [0.15, 0.2) is 0 Å². The number of hydrogen-bond acceptors (Lipinski definition) is 3. The highest BCUT2D eigenvalue weighted by molar-refractivity contribution is 4.73. The minimum Gasteiger partial charge on any atom is -0.395 e. The predicted molar refractivity (Wildman–Crippen MR) is 54.8 cm³/mol. The lowest BCUT2D eigenvalue weighted by Gasteiger charge is -2.24. The topological polar surface area (TPSA) is 41.5 Å². The summed E-state index contributed by atoms with van der Waals surface area (Å²) < 4.78 is 4.99. The third-order valence-electron chi connectivity index (χ3n) is 2.26. The van der Waals surface area contributed by atoms with Gasteiger partial charge < -0.3 is 15.2 Å². The average Bonchev–Trinajstić information content (AvgIpc) is 2.10. The molecule has 0 aliphatic rings. The number of aliphatic hydroxyl groups excluding tert-OH is 1. The van der Waals surface area contributed by atoms with E-state index < -0.39 is 0 Å². The average molecular weight is 189 g/mol. The van der Waals surface area contributed by atoms with Gasteiger partial charge in [0.1, 0.15) is 0 Å². The summed E-state index contributed by atoms with van der Waals surface area (Å²) in [5, 5.41) is 12.4. The van der Waals surface area contributed by atoms with E-state index in [1.165, 1.54) is 0 Å². The largest absolute Gasteiger partial charge is 0.395 e. The number of ether oxygens (including phenoxy) is 1. The van der Waals surface area contributed by atoms with Crippen LogP contribution in [-0.4, -0.2) is 37.5 Å². The highest BCUT2D eigenvalue weighted by atomic mass is 16.5. The van der Waals surface area contributed by atoms with Crippen LogP contribution in [-0.2, 0) is 4.74 Å². The monoisotopic (exact) mass is 189 g/mol. The van der Waals surface area contributed by atoms with Crippen molar-refractivity contribution < 1.29 is 9.84 Å². The zero-order valence-electron chi connectivity index (χ0n) is 9.21. The Kier molecular flexibility index (Phi) is 7.23. The quantitative estimate of drug-likeness (QED) is 0.628. The van der Waals surface area contributed by atoms with Gasteiger partial charge in [-0.3, -0.25) is 0 Å². The third kappa shape index (κ3) is 6.02. The Labute approximate surface area is 81.5 Å². The van der Waals surface area contributed by atoms with Gasteiger partial charge in [-0.15, -0.1) is 0 Å². The van der Waals surface area contributed by atoms with E-state index in [4.69, 9.17) is 9.84 Å². The summed E-state index contributed by atoms with van der Waals surface area (Å²) >= 11 is 0. The van der Waals surface area contributed by atoms with Crippen molar-refractivity contribution in [2.24, 2.45) is 5.92 Å². The van der Waals surface area contributed by atoms with Crippen LogP contribution in [0.5, 0.6) is 0 Å². The Morgan fingerprint density at radius 1 is 1.31 bits per heavy atom. The normalized spacial score (nSPS) is 16.2. The fourth-order valence-electron chi connectivity index (χ4n) is 1.20. The Bertz CT molecular complexity index is 117. The molecule has 13 heavy (non-hydrogen) atoms. The Hall–Kier alpha value is -0.120. The van der Waals surface area contributed by atoms with Crippen molar-refractivity contribution in [3.63, 3.8) is 0 Å². The molecule has 2 atom stereocenters. The first-order chi connectivity index (χ1) is 6.11. The molecule has 0 saturated heterocycles. The molecule has 0 aromatic carbocycles. The van der Waals surface area contributed by atoms with Gasteiger partial charge in [-0.1, -0.05) is 13.8 Å². The van der Waals surface area contributed by atoms with E-state index in [0.29, 0.717) is 12.0 Å². The number of aliphatic hydroxyl groups is 1. The van der Waals surface area contributed by atoms with Crippen molar-refractivity contribution in [2.45, 2.75) is 39.3 Å². The summed E-state index contributed by atoms with van der Waals surface area (Å²) in [6, 6.07) is 0.603. The summed E-state index contributed by atoms with van der Waals surface area (Å²) in [5.74, 6) is 0.468. The van der Waals surface area contributed by atoms with E-state index in [1.807, 2.05) is 0 Å². The standard InChI is InChI=1S/C10H23NO2/c1-8(2)10(7-12)11-9(3)5-6-13-4/h8-12H,5-7H2,1-4H3/t9?,10-/m1/s1. The first-order valence-electron chi connectivity index (χ1n) is 4.97. The van der Waals surface area contributed by atoms with Gasteiger partial charge in [0.2, 0.25) is 0 Å². The molecule has 1 unspecified atom stereocenters. The molecule has 0 spiro atoms. The van der Waals surface area contributed by atoms with Gasteiger partial charge in [-0.2, -0.15) is 0 Å². The van der Waals surface area contributed by atoms with Crippen LogP contribution in [0.3, 0.4) is 0 Å². The second kappa shape index (κ2) is 7.30. The van der Waals surface area contributed by atoms with Gasteiger partial charge in [0, 0.05) is 25.8 Å². The highest BCUT2D eigenvalue weighted by Gasteiger charge is 2.14. The molecular weight excluding hydrogens is 166 g/mol. The molecular formula is C10H23NO2. The first kappa shape index (κ1) is 12.9. The fourth-order valence-corrected chi connectivity index (χ4v) is 1.20. The smallest absolute Gasteiger partial charge is 0.0587 e. The molecule has 0 radical (unpaired) electrons. The molecule has 0 fully saturated rings. The maximum Gasteiger partial charge on any atom is 0.0587 e. The lowest BCUT2D eigenvalue weighted by molar-refractivity contribution is 0.165. The molecule has 80 valence electrons. The minimum atomic E-state index is 0.201. The zero-order chi connectivity index (χ0) is 10.3. The van der Waals surface area contributed by atoms with Crippen molar-refractivity contribution in [1.29, 1.82) is 0 Å². The third-order valence-corrected chi connectivity index (χ3v) is 2.26. The number of nitrogens with one attached hydrogen (secondary N) is 1. The molecule has 2 N–H and O–H groups in total. The van der Waals surface area contributed by atoms with Crippen molar-refractivity contribution >= 4 is 0 Å². The van der Waals surface area contributed by atoms with Gasteiger partial charge in [0.05, 0.1) is 6.61 Å². The lowest BCUT2D eigenvalue weighted by atomic mass is 10.0. The van der Waals surface area contributed by atoms with Crippen LogP contribution in [0.25, 0.3) is 0 Å². The van der Waals surface area contributed by atoms with E-state index in [9.17, 15) is 0 Å². The van der Waals surface area contributed by atoms with Crippen LogP contribution in [0.4, 0.5) is 0 Å². The van der Waals surface area contributed by atoms with Crippen molar-refractivity contribution in [2.75, 3.05) is 20.3 Å².